The van der Waals surface area contributed by atoms with E-state index in [0.29, 0.717) is 25.6 Å². The predicted molar refractivity (Wildman–Crippen MR) is 100 cm³/mol. The van der Waals surface area contributed by atoms with Gasteiger partial charge in [0.25, 0.3) is 0 Å². The highest BCUT2D eigenvalue weighted by molar-refractivity contribution is 7.92. The summed E-state index contributed by atoms with van der Waals surface area (Å²) in [6.07, 6.45) is 5.25. The zero-order valence-corrected chi connectivity index (χ0v) is 15.8. The fraction of sp³-hybridized carbons (Fsp3) is 0.500. The van der Waals surface area contributed by atoms with Gasteiger partial charge in [-0.1, -0.05) is 24.1 Å². The van der Waals surface area contributed by atoms with Gasteiger partial charge < -0.3 is 15.0 Å². The summed E-state index contributed by atoms with van der Waals surface area (Å²) >= 11 is 0. The van der Waals surface area contributed by atoms with Crippen molar-refractivity contribution in [3.63, 3.8) is 0 Å². The molecule has 1 aliphatic rings. The second-order valence-electron chi connectivity index (χ2n) is 6.50. The van der Waals surface area contributed by atoms with E-state index in [1.165, 1.54) is 0 Å². The first-order valence-electron chi connectivity index (χ1n) is 8.13. The van der Waals surface area contributed by atoms with Crippen LogP contribution < -0.4 is 10.1 Å². The lowest BCUT2D eigenvalue weighted by molar-refractivity contribution is 0.351. The molecule has 0 amide bonds. The van der Waals surface area contributed by atoms with Gasteiger partial charge in [-0.15, -0.1) is 6.42 Å². The van der Waals surface area contributed by atoms with Crippen LogP contribution in [0.15, 0.2) is 29.3 Å². The second-order valence-corrected chi connectivity index (χ2v) is 9.24. The van der Waals surface area contributed by atoms with Gasteiger partial charge in [-0.05, 0) is 19.9 Å². The molecule has 0 bridgehead atoms. The molecule has 0 aromatic heterocycles. The molecule has 1 aromatic rings. The van der Waals surface area contributed by atoms with Crippen LogP contribution in [0, 0.1) is 12.3 Å². The molecule has 7 heteroatoms. The van der Waals surface area contributed by atoms with E-state index in [1.807, 2.05) is 29.2 Å². The maximum Gasteiger partial charge on any atom is 0.193 e. The van der Waals surface area contributed by atoms with Gasteiger partial charge in [-0.2, -0.15) is 0 Å². The van der Waals surface area contributed by atoms with Crippen LogP contribution in [0.1, 0.15) is 19.4 Å². The van der Waals surface area contributed by atoms with Gasteiger partial charge in [0.05, 0.1) is 10.5 Å². The fourth-order valence-corrected chi connectivity index (χ4v) is 4.11. The quantitative estimate of drug-likeness (QED) is 0.496. The molecule has 0 saturated carbocycles. The first-order chi connectivity index (χ1) is 11.8. The van der Waals surface area contributed by atoms with Crippen molar-refractivity contribution < 1.29 is 13.2 Å². The third kappa shape index (κ3) is 4.45. The van der Waals surface area contributed by atoms with E-state index in [0.717, 1.165) is 11.3 Å². The Morgan fingerprint density at radius 1 is 1.44 bits per heavy atom. The van der Waals surface area contributed by atoms with Crippen molar-refractivity contribution in [1.82, 2.24) is 10.2 Å². The van der Waals surface area contributed by atoms with Crippen LogP contribution >= 0.6 is 0 Å². The maximum absolute atomic E-state index is 12.2. The summed E-state index contributed by atoms with van der Waals surface area (Å²) in [4.78, 5) is 6.27. The van der Waals surface area contributed by atoms with E-state index in [2.05, 4.69) is 16.2 Å². The highest BCUT2D eigenvalue weighted by Crippen LogP contribution is 2.24. The van der Waals surface area contributed by atoms with Crippen molar-refractivity contribution in [2.75, 3.05) is 32.5 Å². The number of nitrogens with one attached hydrogen (secondary N) is 1. The molecule has 1 saturated heterocycles. The number of sulfone groups is 1. The molecule has 0 atom stereocenters. The summed E-state index contributed by atoms with van der Waals surface area (Å²) in [5.41, 5.74) is 0.961. The van der Waals surface area contributed by atoms with Crippen molar-refractivity contribution in [2.45, 2.75) is 25.1 Å². The number of hydrogen-bond acceptors (Lipinski definition) is 4. The topological polar surface area (TPSA) is 71.0 Å². The summed E-state index contributed by atoms with van der Waals surface area (Å²) in [6, 6.07) is 7.64. The Hall–Kier alpha value is -2.20. The highest BCUT2D eigenvalue weighted by Gasteiger charge is 2.40. The Labute approximate surface area is 150 Å². The lowest BCUT2D eigenvalue weighted by Crippen LogP contribution is -2.57. The first kappa shape index (κ1) is 19.1. The third-order valence-electron chi connectivity index (χ3n) is 4.28. The molecule has 25 heavy (non-hydrogen) atoms. The SMILES string of the molecule is C#CCOc1ccccc1CNC(=NC)N1CCS(=O)(=O)C(C)(C)C1. The number of hydrogen-bond donors (Lipinski definition) is 1. The van der Waals surface area contributed by atoms with Crippen LogP contribution in [0.5, 0.6) is 5.75 Å². The molecule has 2 rings (SSSR count). The molecule has 0 unspecified atom stereocenters. The summed E-state index contributed by atoms with van der Waals surface area (Å²) in [5.74, 6) is 3.99. The van der Waals surface area contributed by atoms with Gasteiger partial charge in [-0.3, -0.25) is 4.99 Å². The molecule has 1 heterocycles. The number of aliphatic imine (C=N–C) groups is 1. The highest BCUT2D eigenvalue weighted by atomic mass is 32.2. The Morgan fingerprint density at radius 2 is 2.16 bits per heavy atom. The van der Waals surface area contributed by atoms with E-state index in [-0.39, 0.29) is 12.4 Å². The minimum absolute atomic E-state index is 0.128. The van der Waals surface area contributed by atoms with E-state index in [9.17, 15) is 8.42 Å². The molecule has 0 radical (unpaired) electrons. The van der Waals surface area contributed by atoms with Gasteiger partial charge in [0.15, 0.2) is 15.8 Å². The van der Waals surface area contributed by atoms with Crippen molar-refractivity contribution in [2.24, 2.45) is 4.99 Å². The predicted octanol–water partition coefficient (Wildman–Crippen LogP) is 1.28. The molecule has 1 fully saturated rings. The zero-order valence-electron chi connectivity index (χ0n) is 14.9. The Kier molecular flexibility index (Phi) is 5.96. The Balaban J connectivity index is 2.06. The second kappa shape index (κ2) is 7.79. The summed E-state index contributed by atoms with van der Waals surface area (Å²) in [7, 11) is -1.39. The summed E-state index contributed by atoms with van der Waals surface area (Å²) < 4.78 is 29.1. The van der Waals surface area contributed by atoms with E-state index in [4.69, 9.17) is 11.2 Å². The zero-order chi connectivity index (χ0) is 18.5. The largest absolute Gasteiger partial charge is 0.481 e. The normalized spacial score (nSPS) is 19.1. The van der Waals surface area contributed by atoms with Crippen LogP contribution in [-0.2, 0) is 16.4 Å². The number of nitrogens with zero attached hydrogens (tertiary/aromatic N) is 2. The van der Waals surface area contributed by atoms with Crippen molar-refractivity contribution in [1.29, 1.82) is 0 Å². The number of ether oxygens (including phenoxy) is 1. The lowest BCUT2D eigenvalue weighted by Gasteiger charge is -2.39. The third-order valence-corrected chi connectivity index (χ3v) is 6.81. The van der Waals surface area contributed by atoms with E-state index < -0.39 is 14.6 Å². The number of para-hydroxylation sites is 1. The van der Waals surface area contributed by atoms with Gasteiger partial charge in [-0.25, -0.2) is 8.42 Å². The van der Waals surface area contributed by atoms with Crippen LogP contribution in [0.25, 0.3) is 0 Å². The molecule has 1 N–H and O–H groups in total. The minimum atomic E-state index is -3.08. The van der Waals surface area contributed by atoms with Gasteiger partial charge >= 0.3 is 0 Å². The Morgan fingerprint density at radius 3 is 2.80 bits per heavy atom. The maximum atomic E-state index is 12.2. The van der Waals surface area contributed by atoms with Crippen molar-refractivity contribution in [3.8, 4) is 18.1 Å². The van der Waals surface area contributed by atoms with E-state index >= 15 is 0 Å². The molecular formula is C18H25N3O3S. The van der Waals surface area contributed by atoms with Crippen molar-refractivity contribution in [3.05, 3.63) is 29.8 Å². The number of benzene rings is 1. The van der Waals surface area contributed by atoms with Crippen LogP contribution in [0.4, 0.5) is 0 Å². The number of terminal acetylenes is 1. The van der Waals surface area contributed by atoms with Crippen LogP contribution in [-0.4, -0.2) is 56.5 Å². The fourth-order valence-electron chi connectivity index (χ4n) is 2.74. The van der Waals surface area contributed by atoms with Crippen molar-refractivity contribution >= 4 is 15.8 Å². The lowest BCUT2D eigenvalue weighted by atomic mass is 10.2. The molecular weight excluding hydrogens is 338 g/mol. The first-order valence-corrected chi connectivity index (χ1v) is 9.78. The molecule has 0 aliphatic carbocycles. The van der Waals surface area contributed by atoms with Crippen LogP contribution in [0.3, 0.4) is 0 Å². The van der Waals surface area contributed by atoms with Gasteiger partial charge in [0.2, 0.25) is 0 Å². The molecule has 0 spiro atoms. The number of rotatable bonds is 4. The average Bonchev–Trinajstić information content (AvgIpc) is 2.57. The number of guanidine groups is 1. The smallest absolute Gasteiger partial charge is 0.193 e. The molecule has 1 aromatic carbocycles. The summed E-state index contributed by atoms with van der Waals surface area (Å²) in [5, 5.41) is 3.29. The van der Waals surface area contributed by atoms with Gasteiger partial charge in [0.1, 0.15) is 12.4 Å². The minimum Gasteiger partial charge on any atom is -0.481 e. The van der Waals surface area contributed by atoms with Crippen LogP contribution in [0.2, 0.25) is 0 Å². The molecule has 136 valence electrons. The standard InChI is InChI=1S/C18H25N3O3S/c1-5-11-24-16-9-7-6-8-15(16)13-20-17(19-4)21-10-12-25(22,23)18(2,3)14-21/h1,6-9H,10-14H2,2-4H3,(H,19,20). The molecule has 6 nitrogen and oxygen atoms in total. The van der Waals surface area contributed by atoms with E-state index in [1.54, 1.807) is 20.9 Å². The average molecular weight is 363 g/mol. The molecule has 1 aliphatic heterocycles. The monoisotopic (exact) mass is 363 g/mol. The van der Waals surface area contributed by atoms with Gasteiger partial charge in [0, 0.05) is 32.2 Å². The summed E-state index contributed by atoms with van der Waals surface area (Å²) in [6.45, 7) is 5.07. The Bertz CT molecular complexity index is 779.